The Morgan fingerprint density at radius 3 is 2.17 bits per heavy atom. The highest BCUT2D eigenvalue weighted by molar-refractivity contribution is 5.89. The number of benzene rings is 2. The van der Waals surface area contributed by atoms with Crippen LogP contribution in [0.5, 0.6) is 11.5 Å². The minimum atomic E-state index is -0.161. The number of ether oxygens (including phenoxy) is 2. The van der Waals surface area contributed by atoms with E-state index in [1.807, 2.05) is 37.3 Å². The molecule has 2 rings (SSSR count). The van der Waals surface area contributed by atoms with E-state index in [-0.39, 0.29) is 6.03 Å². The van der Waals surface area contributed by atoms with E-state index in [0.717, 1.165) is 5.56 Å². The maximum absolute atomic E-state index is 12.5. The van der Waals surface area contributed by atoms with E-state index in [1.54, 1.807) is 37.3 Å². The van der Waals surface area contributed by atoms with Crippen molar-refractivity contribution in [2.45, 2.75) is 13.5 Å². The number of carbonyl (C=O) groups excluding carboxylic acids is 1. The molecule has 0 unspecified atom stereocenters. The minimum absolute atomic E-state index is 0.161. The van der Waals surface area contributed by atoms with Gasteiger partial charge in [0, 0.05) is 37.0 Å². The molecule has 2 amide bonds. The van der Waals surface area contributed by atoms with Crippen LogP contribution in [0.2, 0.25) is 0 Å². The van der Waals surface area contributed by atoms with Gasteiger partial charge in [-0.1, -0.05) is 30.3 Å². The first-order valence-corrected chi connectivity index (χ1v) is 7.49. The molecule has 0 aliphatic heterocycles. The minimum Gasteiger partial charge on any atom is -0.497 e. The highest BCUT2D eigenvalue weighted by atomic mass is 16.5. The Morgan fingerprint density at radius 2 is 1.65 bits per heavy atom. The summed E-state index contributed by atoms with van der Waals surface area (Å²) in [6, 6.07) is 15.0. The van der Waals surface area contributed by atoms with Crippen LogP contribution in [0.3, 0.4) is 0 Å². The molecule has 0 radical (unpaired) electrons. The molecule has 1 N–H and O–H groups in total. The van der Waals surface area contributed by atoms with Crippen molar-refractivity contribution in [2.24, 2.45) is 0 Å². The Balaban J connectivity index is 2.10. The van der Waals surface area contributed by atoms with Crippen molar-refractivity contribution in [3.63, 3.8) is 0 Å². The van der Waals surface area contributed by atoms with E-state index in [0.29, 0.717) is 30.3 Å². The maximum atomic E-state index is 12.5. The molecule has 5 heteroatoms. The van der Waals surface area contributed by atoms with Crippen molar-refractivity contribution in [2.75, 3.05) is 26.1 Å². The van der Waals surface area contributed by atoms with E-state index in [1.165, 1.54) is 0 Å². The van der Waals surface area contributed by atoms with Crippen molar-refractivity contribution < 1.29 is 14.3 Å². The zero-order valence-corrected chi connectivity index (χ0v) is 13.7. The molecular weight excluding hydrogens is 292 g/mol. The first-order valence-electron chi connectivity index (χ1n) is 7.49. The van der Waals surface area contributed by atoms with Crippen LogP contribution in [0, 0.1) is 0 Å². The zero-order chi connectivity index (χ0) is 16.7. The number of carbonyl (C=O) groups is 1. The normalized spacial score (nSPS) is 10.0. The van der Waals surface area contributed by atoms with Crippen LogP contribution >= 0.6 is 0 Å². The molecule has 0 fully saturated rings. The van der Waals surface area contributed by atoms with Crippen LogP contribution in [0.25, 0.3) is 0 Å². The van der Waals surface area contributed by atoms with Crippen LogP contribution in [-0.4, -0.2) is 31.7 Å². The molecule has 0 spiro atoms. The summed E-state index contributed by atoms with van der Waals surface area (Å²) in [7, 11) is 3.16. The molecule has 0 aliphatic rings. The monoisotopic (exact) mass is 314 g/mol. The first kappa shape index (κ1) is 16.7. The summed E-state index contributed by atoms with van der Waals surface area (Å²) in [5.41, 5.74) is 1.73. The van der Waals surface area contributed by atoms with Gasteiger partial charge < -0.3 is 19.7 Å². The van der Waals surface area contributed by atoms with E-state index in [4.69, 9.17) is 9.47 Å². The van der Waals surface area contributed by atoms with Gasteiger partial charge in [0.15, 0.2) is 0 Å². The largest absolute Gasteiger partial charge is 0.497 e. The highest BCUT2D eigenvalue weighted by Crippen LogP contribution is 2.26. The van der Waals surface area contributed by atoms with Gasteiger partial charge >= 0.3 is 6.03 Å². The zero-order valence-electron chi connectivity index (χ0n) is 13.7. The number of anilines is 1. The predicted molar refractivity (Wildman–Crippen MR) is 91.1 cm³/mol. The van der Waals surface area contributed by atoms with Gasteiger partial charge in [0.25, 0.3) is 0 Å². The summed E-state index contributed by atoms with van der Waals surface area (Å²) in [5, 5.41) is 2.89. The second kappa shape index (κ2) is 8.08. The summed E-state index contributed by atoms with van der Waals surface area (Å²) in [6.07, 6.45) is 0. The Labute approximate surface area is 136 Å². The number of rotatable bonds is 6. The van der Waals surface area contributed by atoms with E-state index >= 15 is 0 Å². The van der Waals surface area contributed by atoms with Gasteiger partial charge in [-0.15, -0.1) is 0 Å². The molecule has 0 saturated carbocycles. The van der Waals surface area contributed by atoms with Gasteiger partial charge in [-0.2, -0.15) is 0 Å². The molecule has 0 atom stereocenters. The average Bonchev–Trinajstić information content (AvgIpc) is 2.59. The molecule has 2 aromatic carbocycles. The quantitative estimate of drug-likeness (QED) is 0.883. The van der Waals surface area contributed by atoms with Gasteiger partial charge in [-0.25, -0.2) is 4.79 Å². The number of nitrogens with zero attached hydrogens (tertiary/aromatic N) is 1. The number of nitrogens with one attached hydrogen (secondary N) is 1. The Hall–Kier alpha value is -2.69. The lowest BCUT2D eigenvalue weighted by Crippen LogP contribution is -2.34. The molecule has 0 aliphatic carbocycles. The molecule has 2 aromatic rings. The Bertz CT molecular complexity index is 622. The summed E-state index contributed by atoms with van der Waals surface area (Å²) < 4.78 is 10.4. The fraction of sp³-hybridized carbons (Fsp3) is 0.278. The molecule has 122 valence electrons. The smallest absolute Gasteiger partial charge is 0.322 e. The van der Waals surface area contributed by atoms with Gasteiger partial charge in [0.1, 0.15) is 11.5 Å². The third-order valence-electron chi connectivity index (χ3n) is 3.49. The number of amides is 2. The van der Waals surface area contributed by atoms with Gasteiger partial charge in [0.2, 0.25) is 0 Å². The van der Waals surface area contributed by atoms with Crippen molar-refractivity contribution in [1.82, 2.24) is 4.90 Å². The molecular formula is C18H22N2O3. The van der Waals surface area contributed by atoms with Crippen molar-refractivity contribution in [3.8, 4) is 11.5 Å². The predicted octanol–water partition coefficient (Wildman–Crippen LogP) is 3.76. The number of hydrogen-bond acceptors (Lipinski definition) is 3. The summed E-state index contributed by atoms with van der Waals surface area (Å²) in [6.45, 7) is 3.13. The van der Waals surface area contributed by atoms with Crippen LogP contribution in [0.4, 0.5) is 10.5 Å². The second-order valence-corrected chi connectivity index (χ2v) is 5.03. The van der Waals surface area contributed by atoms with Crippen LogP contribution in [0.15, 0.2) is 48.5 Å². The molecule has 0 heterocycles. The van der Waals surface area contributed by atoms with Crippen molar-refractivity contribution in [1.29, 1.82) is 0 Å². The van der Waals surface area contributed by atoms with E-state index in [2.05, 4.69) is 5.32 Å². The fourth-order valence-corrected chi connectivity index (χ4v) is 2.21. The van der Waals surface area contributed by atoms with Crippen LogP contribution in [-0.2, 0) is 6.54 Å². The molecule has 5 nitrogen and oxygen atoms in total. The van der Waals surface area contributed by atoms with Crippen LogP contribution in [0.1, 0.15) is 12.5 Å². The lowest BCUT2D eigenvalue weighted by molar-refractivity contribution is 0.212. The molecule has 0 saturated heterocycles. The standard InChI is InChI=1S/C18H22N2O3/c1-4-20(13-14-8-6-5-7-9-14)18(21)19-15-10-16(22-2)12-17(11-15)23-3/h5-12H,4,13H2,1-3H3,(H,19,21). The first-order chi connectivity index (χ1) is 11.2. The SMILES string of the molecule is CCN(Cc1ccccc1)C(=O)Nc1cc(OC)cc(OC)c1. The number of hydrogen-bond donors (Lipinski definition) is 1. The van der Waals surface area contributed by atoms with Crippen molar-refractivity contribution in [3.05, 3.63) is 54.1 Å². The highest BCUT2D eigenvalue weighted by Gasteiger charge is 2.13. The van der Waals surface area contributed by atoms with Gasteiger partial charge in [-0.05, 0) is 12.5 Å². The fourth-order valence-electron chi connectivity index (χ4n) is 2.21. The van der Waals surface area contributed by atoms with E-state index in [9.17, 15) is 4.79 Å². The number of urea groups is 1. The average molecular weight is 314 g/mol. The molecule has 0 bridgehead atoms. The summed E-state index contributed by atoms with van der Waals surface area (Å²) >= 11 is 0. The summed E-state index contributed by atoms with van der Waals surface area (Å²) in [5.74, 6) is 1.26. The topological polar surface area (TPSA) is 50.8 Å². The van der Waals surface area contributed by atoms with E-state index < -0.39 is 0 Å². The second-order valence-electron chi connectivity index (χ2n) is 5.03. The number of methoxy groups -OCH3 is 2. The third-order valence-corrected chi connectivity index (χ3v) is 3.49. The summed E-state index contributed by atoms with van der Waals surface area (Å²) in [4.78, 5) is 14.2. The lowest BCUT2D eigenvalue weighted by atomic mass is 10.2. The molecule has 23 heavy (non-hydrogen) atoms. The Kier molecular flexibility index (Phi) is 5.86. The Morgan fingerprint density at radius 1 is 1.04 bits per heavy atom. The van der Waals surface area contributed by atoms with Crippen molar-refractivity contribution >= 4 is 11.7 Å². The van der Waals surface area contributed by atoms with Gasteiger partial charge in [0.05, 0.1) is 14.2 Å². The molecule has 0 aromatic heterocycles. The van der Waals surface area contributed by atoms with Crippen LogP contribution < -0.4 is 14.8 Å². The van der Waals surface area contributed by atoms with Gasteiger partial charge in [-0.3, -0.25) is 0 Å². The maximum Gasteiger partial charge on any atom is 0.322 e. The third kappa shape index (κ3) is 4.64. The lowest BCUT2D eigenvalue weighted by Gasteiger charge is -2.22.